The molecule has 1 saturated carbocycles. The highest BCUT2D eigenvalue weighted by atomic mass is 35.5. The van der Waals surface area contributed by atoms with Crippen LogP contribution in [0.3, 0.4) is 0 Å². The smallest absolute Gasteiger partial charge is 0.230 e. The van der Waals surface area contributed by atoms with Gasteiger partial charge in [-0.15, -0.1) is 11.6 Å². The maximum Gasteiger partial charge on any atom is 0.230 e. The van der Waals surface area contributed by atoms with E-state index in [-0.39, 0.29) is 17.7 Å². The minimum absolute atomic E-state index is 0.226. The van der Waals surface area contributed by atoms with E-state index in [1.165, 1.54) is 5.56 Å². The van der Waals surface area contributed by atoms with E-state index >= 15 is 0 Å². The van der Waals surface area contributed by atoms with Crippen molar-refractivity contribution in [3.63, 3.8) is 0 Å². The molecule has 20 heavy (non-hydrogen) atoms. The normalized spacial score (nSPS) is 18.9. The number of carbonyl (C=O) groups excluding carboxylic acids is 1. The number of amides is 1. The maximum atomic E-state index is 12.3. The maximum absolute atomic E-state index is 12.3. The van der Waals surface area contributed by atoms with Crippen molar-refractivity contribution >= 4 is 34.7 Å². The number of amidine groups is 1. The van der Waals surface area contributed by atoms with E-state index in [0.29, 0.717) is 5.84 Å². The Morgan fingerprint density at radius 3 is 2.95 bits per heavy atom. The van der Waals surface area contributed by atoms with E-state index < -0.39 is 0 Å². The molecule has 5 heteroatoms. The van der Waals surface area contributed by atoms with Gasteiger partial charge in [-0.3, -0.25) is 4.79 Å². The Bertz CT molecular complexity index is 566. The summed E-state index contributed by atoms with van der Waals surface area (Å²) < 4.78 is 0. The van der Waals surface area contributed by atoms with Crippen molar-refractivity contribution in [2.45, 2.75) is 25.7 Å². The molecule has 1 aliphatic heterocycles. The highest BCUT2D eigenvalue weighted by molar-refractivity contribution is 6.28. The number of alkyl halides is 1. The van der Waals surface area contributed by atoms with Gasteiger partial charge in [-0.1, -0.05) is 0 Å². The molecule has 0 aromatic heterocycles. The summed E-state index contributed by atoms with van der Waals surface area (Å²) in [7, 11) is 0. The third kappa shape index (κ3) is 2.66. The highest BCUT2D eigenvalue weighted by Gasteiger charge is 2.35. The Morgan fingerprint density at radius 2 is 2.25 bits per heavy atom. The second kappa shape index (κ2) is 5.44. The number of nitrogens with two attached hydrogens (primary N) is 1. The van der Waals surface area contributed by atoms with Crippen LogP contribution in [0.15, 0.2) is 23.2 Å². The molecule has 0 bridgehead atoms. The Labute approximate surface area is 123 Å². The lowest BCUT2D eigenvalue weighted by Gasteiger charge is -2.29. The molecule has 1 aliphatic carbocycles. The fourth-order valence-electron chi connectivity index (χ4n) is 2.63. The number of nitrogens with zero attached hydrogens (tertiary/aromatic N) is 2. The molecule has 1 fully saturated rings. The number of anilines is 1. The largest absolute Gasteiger partial charge is 0.386 e. The van der Waals surface area contributed by atoms with E-state index in [2.05, 4.69) is 4.99 Å². The molecule has 1 heterocycles. The first-order chi connectivity index (χ1) is 9.69. The topological polar surface area (TPSA) is 58.7 Å². The molecule has 0 unspecified atom stereocenters. The van der Waals surface area contributed by atoms with E-state index in [0.717, 1.165) is 43.6 Å². The molecule has 1 aromatic carbocycles. The van der Waals surface area contributed by atoms with E-state index in [9.17, 15) is 4.79 Å². The van der Waals surface area contributed by atoms with Crippen LogP contribution in [0.2, 0.25) is 0 Å². The lowest BCUT2D eigenvalue weighted by Crippen LogP contribution is -2.36. The third-order valence-corrected chi connectivity index (χ3v) is 4.06. The molecule has 2 N–H and O–H groups in total. The Morgan fingerprint density at radius 1 is 1.45 bits per heavy atom. The standard InChI is InChI=1S/C15H18ClN3O/c16-9-14(17)18-12-5-6-13-11(8-12)2-1-7-19(13)15(20)10-3-4-10/h5-6,8,10H,1-4,7,9H2,(H2,17,18). The van der Waals surface area contributed by atoms with Crippen molar-refractivity contribution in [3.05, 3.63) is 23.8 Å². The van der Waals surface area contributed by atoms with Gasteiger partial charge in [0.05, 0.1) is 11.6 Å². The second-order valence-electron chi connectivity index (χ2n) is 5.42. The molecule has 0 spiro atoms. The molecule has 106 valence electrons. The van der Waals surface area contributed by atoms with Gasteiger partial charge in [0.2, 0.25) is 5.91 Å². The number of benzene rings is 1. The van der Waals surface area contributed by atoms with Crippen LogP contribution in [-0.4, -0.2) is 24.2 Å². The quantitative estimate of drug-likeness (QED) is 0.529. The van der Waals surface area contributed by atoms with Crippen LogP contribution in [0, 0.1) is 5.92 Å². The van der Waals surface area contributed by atoms with Gasteiger partial charge in [0, 0.05) is 18.2 Å². The Hall–Kier alpha value is -1.55. The van der Waals surface area contributed by atoms with Gasteiger partial charge in [-0.05, 0) is 49.4 Å². The summed E-state index contributed by atoms with van der Waals surface area (Å²) in [6.45, 7) is 0.828. The van der Waals surface area contributed by atoms with Gasteiger partial charge in [0.1, 0.15) is 5.84 Å². The van der Waals surface area contributed by atoms with Crippen LogP contribution in [0.5, 0.6) is 0 Å². The number of carbonyl (C=O) groups is 1. The predicted molar refractivity (Wildman–Crippen MR) is 81.8 cm³/mol. The molecule has 0 radical (unpaired) electrons. The van der Waals surface area contributed by atoms with Crippen molar-refractivity contribution in [2.75, 3.05) is 17.3 Å². The van der Waals surface area contributed by atoms with Gasteiger partial charge in [0.25, 0.3) is 0 Å². The Balaban J connectivity index is 1.89. The number of hydrogen-bond acceptors (Lipinski definition) is 2. The zero-order chi connectivity index (χ0) is 14.1. The van der Waals surface area contributed by atoms with Crippen LogP contribution in [0.4, 0.5) is 11.4 Å². The molecular weight excluding hydrogens is 274 g/mol. The average molecular weight is 292 g/mol. The molecule has 4 nitrogen and oxygen atoms in total. The van der Waals surface area contributed by atoms with Crippen molar-refractivity contribution in [1.29, 1.82) is 0 Å². The number of halogens is 1. The average Bonchev–Trinajstić information content (AvgIpc) is 3.30. The van der Waals surface area contributed by atoms with Crippen molar-refractivity contribution in [2.24, 2.45) is 16.6 Å². The van der Waals surface area contributed by atoms with Crippen LogP contribution in [0.25, 0.3) is 0 Å². The summed E-state index contributed by atoms with van der Waals surface area (Å²) in [5, 5.41) is 0. The van der Waals surface area contributed by atoms with Crippen LogP contribution in [0.1, 0.15) is 24.8 Å². The third-order valence-electron chi connectivity index (χ3n) is 3.78. The summed E-state index contributed by atoms with van der Waals surface area (Å²) >= 11 is 5.64. The van der Waals surface area contributed by atoms with Gasteiger partial charge < -0.3 is 10.6 Å². The monoisotopic (exact) mass is 291 g/mol. The van der Waals surface area contributed by atoms with Crippen molar-refractivity contribution < 1.29 is 4.79 Å². The predicted octanol–water partition coefficient (Wildman–Crippen LogP) is 2.60. The summed E-state index contributed by atoms with van der Waals surface area (Å²) in [4.78, 5) is 18.5. The van der Waals surface area contributed by atoms with E-state index in [1.807, 2.05) is 23.1 Å². The summed E-state index contributed by atoms with van der Waals surface area (Å²) in [5.74, 6) is 1.17. The van der Waals surface area contributed by atoms with Gasteiger partial charge in [-0.2, -0.15) is 0 Å². The lowest BCUT2D eigenvalue weighted by molar-refractivity contribution is -0.119. The molecular formula is C15H18ClN3O. The first kappa shape index (κ1) is 13.4. The zero-order valence-corrected chi connectivity index (χ0v) is 12.1. The fraction of sp³-hybridized carbons (Fsp3) is 0.467. The van der Waals surface area contributed by atoms with Gasteiger partial charge >= 0.3 is 0 Å². The summed E-state index contributed by atoms with van der Waals surface area (Å²) in [6, 6.07) is 5.90. The number of aryl methyl sites for hydroxylation is 1. The molecule has 2 aliphatic rings. The van der Waals surface area contributed by atoms with E-state index in [1.54, 1.807) is 0 Å². The second-order valence-corrected chi connectivity index (χ2v) is 5.68. The Kier molecular flexibility index (Phi) is 3.66. The molecule has 1 amide bonds. The summed E-state index contributed by atoms with van der Waals surface area (Å²) in [5.41, 5.74) is 8.68. The molecule has 0 atom stereocenters. The highest BCUT2D eigenvalue weighted by Crippen LogP contribution is 2.36. The minimum atomic E-state index is 0.226. The van der Waals surface area contributed by atoms with Crippen LogP contribution >= 0.6 is 11.6 Å². The van der Waals surface area contributed by atoms with Crippen LogP contribution in [-0.2, 0) is 11.2 Å². The van der Waals surface area contributed by atoms with Crippen molar-refractivity contribution in [1.82, 2.24) is 0 Å². The first-order valence-corrected chi connectivity index (χ1v) is 7.56. The van der Waals surface area contributed by atoms with Crippen molar-refractivity contribution in [3.8, 4) is 0 Å². The molecule has 1 aromatic rings. The lowest BCUT2D eigenvalue weighted by atomic mass is 10.0. The fourth-order valence-corrected chi connectivity index (χ4v) is 2.69. The van der Waals surface area contributed by atoms with Gasteiger partial charge in [0.15, 0.2) is 0 Å². The van der Waals surface area contributed by atoms with Gasteiger partial charge in [-0.25, -0.2) is 4.99 Å². The molecule has 0 saturated heterocycles. The number of aliphatic imine (C=N–C) groups is 1. The zero-order valence-electron chi connectivity index (χ0n) is 11.3. The van der Waals surface area contributed by atoms with E-state index in [4.69, 9.17) is 17.3 Å². The summed E-state index contributed by atoms with van der Waals surface area (Å²) in [6.07, 6.45) is 4.07. The minimum Gasteiger partial charge on any atom is -0.386 e. The number of hydrogen-bond donors (Lipinski definition) is 1. The molecule has 3 rings (SSSR count). The number of fused-ring (bicyclic) bond motifs is 1. The SMILES string of the molecule is NC(CCl)=Nc1ccc2c(c1)CCCN2C(=O)C1CC1. The van der Waals surface area contributed by atoms with Crippen LogP contribution < -0.4 is 10.6 Å². The number of rotatable bonds is 3. The first-order valence-electron chi connectivity index (χ1n) is 7.02.